The molecule has 1 aliphatic heterocycles. The number of aromatic nitrogens is 6. The number of fused-ring (bicyclic) bond motifs is 1. The van der Waals surface area contributed by atoms with Gasteiger partial charge in [-0.2, -0.15) is 10.2 Å². The Balaban J connectivity index is 0.000000407. The lowest BCUT2D eigenvalue weighted by molar-refractivity contribution is 0.198. The third-order valence-corrected chi connectivity index (χ3v) is 4.94. The summed E-state index contributed by atoms with van der Waals surface area (Å²) in [5.74, 6) is 1.89. The summed E-state index contributed by atoms with van der Waals surface area (Å²) >= 11 is 0. The molecule has 0 bridgehead atoms. The molecule has 10 heteroatoms. The lowest BCUT2D eigenvalue weighted by Crippen LogP contribution is -2.07. The number of anilines is 2. The lowest BCUT2D eigenvalue weighted by Gasteiger charge is -2.06. The van der Waals surface area contributed by atoms with Gasteiger partial charge in [0.05, 0.1) is 18.7 Å². The maximum absolute atomic E-state index is 12.2. The van der Waals surface area contributed by atoms with E-state index in [0.717, 1.165) is 13.2 Å². The Morgan fingerprint density at radius 3 is 2.71 bits per heavy atom. The Bertz CT molecular complexity index is 1230. The molecule has 0 spiro atoms. The van der Waals surface area contributed by atoms with Gasteiger partial charge in [0.2, 0.25) is 0 Å². The number of hydrogen-bond donors (Lipinski definition) is 2. The highest BCUT2D eigenvalue weighted by Crippen LogP contribution is 2.28. The van der Waals surface area contributed by atoms with Crippen LogP contribution in [-0.2, 0) is 18.8 Å². The number of methoxy groups -OCH3 is 1. The molecule has 1 fully saturated rings. The second kappa shape index (κ2) is 9.00. The number of ether oxygens (including phenoxy) is 2. The zero-order chi connectivity index (χ0) is 21.8. The molecule has 5 heterocycles. The van der Waals surface area contributed by atoms with Crippen LogP contribution >= 0.6 is 0 Å². The predicted octanol–water partition coefficient (Wildman–Crippen LogP) is 2.61. The summed E-state index contributed by atoms with van der Waals surface area (Å²) in [5.41, 5.74) is 1.85. The van der Waals surface area contributed by atoms with Gasteiger partial charge in [0.25, 0.3) is 0 Å². The molecule has 0 saturated carbocycles. The second-order valence-corrected chi connectivity index (χ2v) is 7.11. The first-order chi connectivity index (χ1) is 15.1. The quantitative estimate of drug-likeness (QED) is 0.519. The van der Waals surface area contributed by atoms with Crippen molar-refractivity contribution in [3.05, 3.63) is 46.9 Å². The smallest absolute Gasteiger partial charge is 0.194 e. The summed E-state index contributed by atoms with van der Waals surface area (Å²) in [6, 6.07) is 6.98. The molecule has 0 aromatic carbocycles. The summed E-state index contributed by atoms with van der Waals surface area (Å²) < 4.78 is 13.6. The first-order valence-electron chi connectivity index (χ1n) is 10.00. The average Bonchev–Trinajstić information content (AvgIpc) is 3.53. The topological polar surface area (TPSA) is 112 Å². The van der Waals surface area contributed by atoms with Crippen molar-refractivity contribution < 1.29 is 9.47 Å². The first-order valence-corrected chi connectivity index (χ1v) is 10.00. The molecule has 31 heavy (non-hydrogen) atoms. The molecule has 1 aliphatic rings. The second-order valence-electron chi connectivity index (χ2n) is 7.11. The minimum Gasteiger partial charge on any atom is -0.494 e. The molecule has 5 rings (SSSR count). The van der Waals surface area contributed by atoms with Gasteiger partial charge in [-0.15, -0.1) is 0 Å². The molecule has 10 nitrogen and oxygen atoms in total. The highest BCUT2D eigenvalue weighted by atomic mass is 16.5. The molecule has 162 valence electrons. The van der Waals surface area contributed by atoms with E-state index in [1.54, 1.807) is 42.0 Å². The molecule has 0 radical (unpaired) electrons. The Kier molecular flexibility index (Phi) is 5.99. The summed E-state index contributed by atoms with van der Waals surface area (Å²) in [6.07, 6.45) is 5.79. The van der Waals surface area contributed by atoms with E-state index in [2.05, 4.69) is 25.5 Å². The number of aromatic amines is 1. The standard InChI is InChI=1S/C17H17N7O2.C4H8O/c1-23-15(7-11(22-23)16-13(26-3)5-4-6-18-16)20-14-8-12(25)10-9-19-24(2)17(10)21-14;1-2-4-5-3-1/h4-9H,1-3H3,(H2,20,21,25);1-4H2. The van der Waals surface area contributed by atoms with Gasteiger partial charge in [0.15, 0.2) is 5.43 Å². The van der Waals surface area contributed by atoms with Gasteiger partial charge in [0.1, 0.15) is 34.4 Å². The van der Waals surface area contributed by atoms with Crippen LogP contribution in [0.2, 0.25) is 0 Å². The van der Waals surface area contributed by atoms with Gasteiger partial charge in [-0.1, -0.05) is 0 Å². The highest BCUT2D eigenvalue weighted by molar-refractivity contribution is 5.77. The van der Waals surface area contributed by atoms with Crippen molar-refractivity contribution in [2.75, 3.05) is 25.6 Å². The fraction of sp³-hybridized carbons (Fsp3) is 0.333. The summed E-state index contributed by atoms with van der Waals surface area (Å²) in [4.78, 5) is 19.7. The van der Waals surface area contributed by atoms with E-state index >= 15 is 0 Å². The Morgan fingerprint density at radius 2 is 2.00 bits per heavy atom. The Morgan fingerprint density at radius 1 is 1.19 bits per heavy atom. The molecule has 0 unspecified atom stereocenters. The van der Waals surface area contributed by atoms with E-state index in [1.807, 2.05) is 19.2 Å². The van der Waals surface area contributed by atoms with Gasteiger partial charge in [-0.25, -0.2) is 0 Å². The fourth-order valence-corrected chi connectivity index (χ4v) is 3.30. The van der Waals surface area contributed by atoms with Crippen LogP contribution in [0.3, 0.4) is 0 Å². The molecule has 2 N–H and O–H groups in total. The van der Waals surface area contributed by atoms with Crippen molar-refractivity contribution in [1.29, 1.82) is 0 Å². The number of hydrogen-bond acceptors (Lipinski definition) is 7. The monoisotopic (exact) mass is 423 g/mol. The Labute approximate surface area is 178 Å². The van der Waals surface area contributed by atoms with Crippen LogP contribution in [-0.4, -0.2) is 49.9 Å². The number of pyridine rings is 2. The first kappa shape index (κ1) is 20.6. The van der Waals surface area contributed by atoms with Gasteiger partial charge in [-0.3, -0.25) is 19.1 Å². The zero-order valence-electron chi connectivity index (χ0n) is 17.8. The minimum atomic E-state index is -0.108. The van der Waals surface area contributed by atoms with Gasteiger partial charge >= 0.3 is 0 Å². The van der Waals surface area contributed by atoms with Crippen LogP contribution < -0.4 is 15.5 Å². The summed E-state index contributed by atoms with van der Waals surface area (Å²) in [5, 5.41) is 12.3. The van der Waals surface area contributed by atoms with Crippen molar-refractivity contribution in [1.82, 2.24) is 29.5 Å². The molecule has 0 amide bonds. The van der Waals surface area contributed by atoms with Crippen LogP contribution in [0.5, 0.6) is 5.75 Å². The minimum absolute atomic E-state index is 0.108. The van der Waals surface area contributed by atoms with Gasteiger partial charge in [0, 0.05) is 45.6 Å². The van der Waals surface area contributed by atoms with Crippen molar-refractivity contribution in [2.24, 2.45) is 14.1 Å². The maximum Gasteiger partial charge on any atom is 0.194 e. The molecule has 4 aromatic rings. The number of rotatable bonds is 4. The van der Waals surface area contributed by atoms with Crippen LogP contribution in [0.15, 0.2) is 41.5 Å². The third kappa shape index (κ3) is 4.43. The molecular formula is C21H25N7O3. The van der Waals surface area contributed by atoms with Crippen LogP contribution in [0.25, 0.3) is 22.4 Å². The van der Waals surface area contributed by atoms with E-state index in [4.69, 9.17) is 9.47 Å². The lowest BCUT2D eigenvalue weighted by atomic mass is 10.2. The molecule has 0 aliphatic carbocycles. The zero-order valence-corrected chi connectivity index (χ0v) is 17.8. The number of nitrogens with one attached hydrogen (secondary N) is 2. The highest BCUT2D eigenvalue weighted by Gasteiger charge is 2.14. The SMILES string of the molecule is C1CCOC1.COc1cccnc1-c1cc(Nc2cc(=O)c3cnn(C)c3[nH]2)n(C)n1. The number of nitrogens with zero attached hydrogens (tertiary/aromatic N) is 5. The Hall–Kier alpha value is -3.66. The van der Waals surface area contributed by atoms with Crippen molar-refractivity contribution >= 4 is 22.7 Å². The van der Waals surface area contributed by atoms with Gasteiger partial charge < -0.3 is 19.8 Å². The van der Waals surface area contributed by atoms with Crippen molar-refractivity contribution in [3.8, 4) is 17.1 Å². The number of aryl methyl sites for hydroxylation is 2. The normalized spacial score (nSPS) is 13.1. The predicted molar refractivity (Wildman–Crippen MR) is 118 cm³/mol. The van der Waals surface area contributed by atoms with E-state index in [9.17, 15) is 4.79 Å². The van der Waals surface area contributed by atoms with Gasteiger partial charge in [-0.05, 0) is 25.0 Å². The molecule has 0 atom stereocenters. The third-order valence-electron chi connectivity index (χ3n) is 4.94. The summed E-state index contributed by atoms with van der Waals surface area (Å²) in [6.45, 7) is 2.00. The van der Waals surface area contributed by atoms with E-state index in [0.29, 0.717) is 39.8 Å². The molecule has 1 saturated heterocycles. The summed E-state index contributed by atoms with van der Waals surface area (Å²) in [7, 11) is 5.18. The molecule has 4 aromatic heterocycles. The van der Waals surface area contributed by atoms with Crippen molar-refractivity contribution in [2.45, 2.75) is 12.8 Å². The van der Waals surface area contributed by atoms with E-state index < -0.39 is 0 Å². The number of H-pyrrole nitrogens is 1. The van der Waals surface area contributed by atoms with E-state index in [-0.39, 0.29) is 5.43 Å². The largest absolute Gasteiger partial charge is 0.494 e. The average molecular weight is 423 g/mol. The van der Waals surface area contributed by atoms with E-state index in [1.165, 1.54) is 18.9 Å². The maximum atomic E-state index is 12.2. The fourth-order valence-electron chi connectivity index (χ4n) is 3.30. The van der Waals surface area contributed by atoms with Crippen molar-refractivity contribution in [3.63, 3.8) is 0 Å². The van der Waals surface area contributed by atoms with Crippen LogP contribution in [0.1, 0.15) is 12.8 Å². The van der Waals surface area contributed by atoms with Crippen LogP contribution in [0.4, 0.5) is 11.6 Å². The molecular weight excluding hydrogens is 398 g/mol. The van der Waals surface area contributed by atoms with Crippen LogP contribution in [0, 0.1) is 0 Å².